The standard InChI is InChI=1S/C12H15ClFN3O/c13-10-2-1-9(7-11(10)14)16-12(18)8-17-5-3-15-4-6-17/h1-2,7,15H,3-6,8H2,(H,16,18). The van der Waals surface area contributed by atoms with E-state index in [1.807, 2.05) is 0 Å². The molecule has 1 heterocycles. The van der Waals surface area contributed by atoms with Crippen molar-refractivity contribution in [1.82, 2.24) is 10.2 Å². The normalized spacial score (nSPS) is 16.6. The summed E-state index contributed by atoms with van der Waals surface area (Å²) in [5.41, 5.74) is 0.428. The van der Waals surface area contributed by atoms with E-state index in [1.165, 1.54) is 12.1 Å². The Hall–Kier alpha value is -1.17. The lowest BCUT2D eigenvalue weighted by Gasteiger charge is -2.26. The number of rotatable bonds is 3. The highest BCUT2D eigenvalue weighted by Gasteiger charge is 2.13. The molecule has 0 spiro atoms. The molecule has 0 atom stereocenters. The number of amides is 1. The van der Waals surface area contributed by atoms with Crippen LogP contribution in [0.15, 0.2) is 18.2 Å². The highest BCUT2D eigenvalue weighted by Crippen LogP contribution is 2.18. The fourth-order valence-electron chi connectivity index (χ4n) is 1.85. The first kappa shape index (κ1) is 13.3. The molecule has 98 valence electrons. The van der Waals surface area contributed by atoms with E-state index in [9.17, 15) is 9.18 Å². The van der Waals surface area contributed by atoms with E-state index < -0.39 is 5.82 Å². The molecule has 1 fully saturated rings. The third-order valence-corrected chi connectivity index (χ3v) is 3.09. The molecule has 1 amide bonds. The number of piperazine rings is 1. The minimum atomic E-state index is -0.531. The maximum absolute atomic E-state index is 13.2. The van der Waals surface area contributed by atoms with Crippen molar-refractivity contribution in [2.24, 2.45) is 0 Å². The molecular weight excluding hydrogens is 257 g/mol. The van der Waals surface area contributed by atoms with Crippen molar-refractivity contribution in [3.63, 3.8) is 0 Å². The molecule has 0 saturated carbocycles. The van der Waals surface area contributed by atoms with Gasteiger partial charge >= 0.3 is 0 Å². The molecule has 1 aliphatic heterocycles. The summed E-state index contributed by atoms with van der Waals surface area (Å²) in [6.07, 6.45) is 0. The second-order valence-corrected chi connectivity index (χ2v) is 4.61. The second-order valence-electron chi connectivity index (χ2n) is 4.20. The third kappa shape index (κ3) is 3.66. The molecule has 0 aliphatic carbocycles. The molecule has 2 N–H and O–H groups in total. The predicted octanol–water partition coefficient (Wildman–Crippen LogP) is 1.32. The third-order valence-electron chi connectivity index (χ3n) is 2.78. The SMILES string of the molecule is O=C(CN1CCNCC1)Nc1ccc(Cl)c(F)c1. The summed E-state index contributed by atoms with van der Waals surface area (Å²) in [7, 11) is 0. The Morgan fingerprint density at radius 2 is 2.17 bits per heavy atom. The number of nitrogens with one attached hydrogen (secondary N) is 2. The van der Waals surface area contributed by atoms with Gasteiger partial charge in [0.25, 0.3) is 0 Å². The van der Waals surface area contributed by atoms with E-state index in [-0.39, 0.29) is 10.9 Å². The molecule has 1 aromatic carbocycles. The average molecular weight is 272 g/mol. The molecule has 2 rings (SSSR count). The first-order valence-corrected chi connectivity index (χ1v) is 6.21. The molecule has 0 bridgehead atoms. The maximum Gasteiger partial charge on any atom is 0.238 e. The average Bonchev–Trinajstić information content (AvgIpc) is 2.35. The molecular formula is C12H15ClFN3O. The van der Waals surface area contributed by atoms with Crippen molar-refractivity contribution >= 4 is 23.2 Å². The van der Waals surface area contributed by atoms with Gasteiger partial charge in [-0.05, 0) is 18.2 Å². The van der Waals surface area contributed by atoms with Gasteiger partial charge in [0, 0.05) is 31.9 Å². The van der Waals surface area contributed by atoms with Crippen LogP contribution in [0.25, 0.3) is 0 Å². The number of hydrogen-bond acceptors (Lipinski definition) is 3. The fourth-order valence-corrected chi connectivity index (χ4v) is 1.96. The highest BCUT2D eigenvalue weighted by molar-refractivity contribution is 6.30. The first-order chi connectivity index (χ1) is 8.65. The number of nitrogens with zero attached hydrogens (tertiary/aromatic N) is 1. The number of halogens is 2. The van der Waals surface area contributed by atoms with E-state index in [1.54, 1.807) is 6.07 Å². The summed E-state index contributed by atoms with van der Waals surface area (Å²) < 4.78 is 13.2. The zero-order valence-electron chi connectivity index (χ0n) is 9.88. The van der Waals surface area contributed by atoms with E-state index in [0.717, 1.165) is 26.2 Å². The lowest BCUT2D eigenvalue weighted by Crippen LogP contribution is -2.46. The summed E-state index contributed by atoms with van der Waals surface area (Å²) in [5.74, 6) is -0.671. The highest BCUT2D eigenvalue weighted by atomic mass is 35.5. The minimum Gasteiger partial charge on any atom is -0.325 e. The molecule has 0 radical (unpaired) electrons. The monoisotopic (exact) mass is 271 g/mol. The summed E-state index contributed by atoms with van der Waals surface area (Å²) in [4.78, 5) is 13.8. The van der Waals surface area contributed by atoms with Gasteiger partial charge < -0.3 is 10.6 Å². The molecule has 18 heavy (non-hydrogen) atoms. The summed E-state index contributed by atoms with van der Waals surface area (Å²) in [5, 5.41) is 5.92. The Kier molecular flexibility index (Phi) is 4.52. The van der Waals surface area contributed by atoms with Crippen molar-refractivity contribution in [2.75, 3.05) is 38.0 Å². The maximum atomic E-state index is 13.2. The quantitative estimate of drug-likeness (QED) is 0.872. The molecule has 1 aliphatic rings. The number of anilines is 1. The van der Waals surface area contributed by atoms with Crippen LogP contribution in [-0.2, 0) is 4.79 Å². The Morgan fingerprint density at radius 3 is 2.83 bits per heavy atom. The number of carbonyl (C=O) groups excluding carboxylic acids is 1. The molecule has 1 aromatic rings. The van der Waals surface area contributed by atoms with Gasteiger partial charge in [0.2, 0.25) is 5.91 Å². The Balaban J connectivity index is 1.88. The van der Waals surface area contributed by atoms with Crippen LogP contribution in [0.3, 0.4) is 0 Å². The molecule has 1 saturated heterocycles. The van der Waals surface area contributed by atoms with Crippen LogP contribution in [0.1, 0.15) is 0 Å². The predicted molar refractivity (Wildman–Crippen MR) is 69.3 cm³/mol. The van der Waals surface area contributed by atoms with Crippen LogP contribution in [-0.4, -0.2) is 43.5 Å². The largest absolute Gasteiger partial charge is 0.325 e. The number of carbonyl (C=O) groups is 1. The van der Waals surface area contributed by atoms with Crippen LogP contribution in [0, 0.1) is 5.82 Å². The lowest BCUT2D eigenvalue weighted by atomic mass is 10.3. The van der Waals surface area contributed by atoms with Crippen molar-refractivity contribution in [1.29, 1.82) is 0 Å². The van der Waals surface area contributed by atoms with Gasteiger partial charge in [-0.15, -0.1) is 0 Å². The topological polar surface area (TPSA) is 44.4 Å². The zero-order chi connectivity index (χ0) is 13.0. The summed E-state index contributed by atoms with van der Waals surface area (Å²) >= 11 is 5.57. The zero-order valence-corrected chi connectivity index (χ0v) is 10.6. The van der Waals surface area contributed by atoms with Crippen LogP contribution in [0.5, 0.6) is 0 Å². The minimum absolute atomic E-state index is 0.0510. The van der Waals surface area contributed by atoms with Gasteiger partial charge in [0.05, 0.1) is 11.6 Å². The van der Waals surface area contributed by atoms with E-state index >= 15 is 0 Å². The van der Waals surface area contributed by atoms with E-state index in [2.05, 4.69) is 15.5 Å². The van der Waals surface area contributed by atoms with Gasteiger partial charge in [-0.25, -0.2) is 4.39 Å². The van der Waals surface area contributed by atoms with Gasteiger partial charge in [-0.3, -0.25) is 9.69 Å². The van der Waals surface area contributed by atoms with Crippen molar-refractivity contribution in [3.8, 4) is 0 Å². The van der Waals surface area contributed by atoms with Crippen LogP contribution < -0.4 is 10.6 Å². The molecule has 0 unspecified atom stereocenters. The van der Waals surface area contributed by atoms with Crippen LogP contribution >= 0.6 is 11.6 Å². The molecule has 0 aromatic heterocycles. The van der Waals surface area contributed by atoms with Gasteiger partial charge in [-0.1, -0.05) is 11.6 Å². The van der Waals surface area contributed by atoms with Gasteiger partial charge in [-0.2, -0.15) is 0 Å². The van der Waals surface area contributed by atoms with E-state index in [4.69, 9.17) is 11.6 Å². The van der Waals surface area contributed by atoms with Gasteiger partial charge in [0.1, 0.15) is 5.82 Å². The Morgan fingerprint density at radius 1 is 1.44 bits per heavy atom. The number of benzene rings is 1. The summed E-state index contributed by atoms with van der Waals surface area (Å²) in [6, 6.07) is 4.23. The Bertz CT molecular complexity index is 435. The summed E-state index contributed by atoms with van der Waals surface area (Å²) in [6.45, 7) is 3.81. The smallest absolute Gasteiger partial charge is 0.238 e. The fraction of sp³-hybridized carbons (Fsp3) is 0.417. The number of hydrogen-bond donors (Lipinski definition) is 2. The van der Waals surface area contributed by atoms with Crippen LogP contribution in [0.4, 0.5) is 10.1 Å². The molecule has 4 nitrogen and oxygen atoms in total. The lowest BCUT2D eigenvalue weighted by molar-refractivity contribution is -0.117. The van der Waals surface area contributed by atoms with Gasteiger partial charge in [0.15, 0.2) is 0 Å². The van der Waals surface area contributed by atoms with Crippen molar-refractivity contribution in [2.45, 2.75) is 0 Å². The Labute approximate surface area is 110 Å². The van der Waals surface area contributed by atoms with Crippen LogP contribution in [0.2, 0.25) is 5.02 Å². The van der Waals surface area contributed by atoms with Crippen molar-refractivity contribution in [3.05, 3.63) is 29.0 Å². The van der Waals surface area contributed by atoms with Crippen molar-refractivity contribution < 1.29 is 9.18 Å². The van der Waals surface area contributed by atoms with E-state index in [0.29, 0.717) is 12.2 Å². The first-order valence-electron chi connectivity index (χ1n) is 5.83. The second kappa shape index (κ2) is 6.13. The molecule has 6 heteroatoms.